The molecule has 31 heavy (non-hydrogen) atoms. The Morgan fingerprint density at radius 1 is 1.13 bits per heavy atom. The Kier molecular flexibility index (Phi) is 8.40. The van der Waals surface area contributed by atoms with Gasteiger partial charge in [-0.15, -0.1) is 12.2 Å². The van der Waals surface area contributed by atoms with Crippen molar-refractivity contribution in [3.8, 4) is 0 Å². The molecule has 1 aromatic carbocycles. The van der Waals surface area contributed by atoms with Crippen LogP contribution in [-0.4, -0.2) is 61.0 Å². The molecule has 0 saturated carbocycles. The summed E-state index contributed by atoms with van der Waals surface area (Å²) in [5.41, 5.74) is 3.21. The van der Waals surface area contributed by atoms with Crippen LogP contribution in [0.25, 0.3) is 5.32 Å². The molecular formula is C23H26Cl2KN3O2. The maximum Gasteiger partial charge on any atom is 1.00 e. The van der Waals surface area contributed by atoms with E-state index in [2.05, 4.69) is 22.0 Å². The molecular weight excluding hydrogens is 460 g/mol. The topological polar surface area (TPSA) is 48.7 Å². The fourth-order valence-corrected chi connectivity index (χ4v) is 5.59. The number of benzene rings is 1. The molecule has 3 aliphatic rings. The van der Waals surface area contributed by atoms with Crippen LogP contribution in [-0.2, 0) is 9.47 Å². The predicted molar refractivity (Wildman–Crippen MR) is 119 cm³/mol. The van der Waals surface area contributed by atoms with Gasteiger partial charge in [0.2, 0.25) is 0 Å². The van der Waals surface area contributed by atoms with Crippen LogP contribution in [0.3, 0.4) is 0 Å². The zero-order chi connectivity index (χ0) is 20.7. The van der Waals surface area contributed by atoms with Crippen LogP contribution in [0.15, 0.2) is 36.5 Å². The molecule has 0 aliphatic carbocycles. The Morgan fingerprint density at radius 3 is 2.68 bits per heavy atom. The quantitative estimate of drug-likeness (QED) is 0.607. The number of hydrogen-bond acceptors (Lipinski definition) is 4. The van der Waals surface area contributed by atoms with Gasteiger partial charge in [-0.05, 0) is 43.0 Å². The van der Waals surface area contributed by atoms with Crippen molar-refractivity contribution < 1.29 is 60.9 Å². The Balaban J connectivity index is 0.00000231. The van der Waals surface area contributed by atoms with Crippen LogP contribution in [0.1, 0.15) is 23.6 Å². The van der Waals surface area contributed by atoms with Crippen molar-refractivity contribution in [1.29, 1.82) is 0 Å². The molecule has 3 saturated heterocycles. The standard InChI is InChI=1S/C23H26Cl2N3O2.K/c1-14-10-15(4-5-26-14)22-17(13-27-16-2-3-18(24)19(25)11-16)21-12-20(23(22)30-21)28-6-8-29-9-7-28;/h2-5,10-11,17,20-23H,6-9,12-13H2,1H3;/q-1;+1/t17-,20+,21?,22?,23?;/m0./s1. The Bertz CT molecular complexity index is 912. The number of aryl methyl sites for hydroxylation is 1. The van der Waals surface area contributed by atoms with Crippen molar-refractivity contribution >= 4 is 28.9 Å². The van der Waals surface area contributed by atoms with Crippen molar-refractivity contribution in [3.63, 3.8) is 0 Å². The predicted octanol–water partition coefficient (Wildman–Crippen LogP) is 1.98. The number of hydrogen-bond donors (Lipinski definition) is 0. The molecule has 3 fully saturated rings. The van der Waals surface area contributed by atoms with E-state index in [0.29, 0.717) is 34.5 Å². The maximum absolute atomic E-state index is 6.58. The van der Waals surface area contributed by atoms with Crippen molar-refractivity contribution in [1.82, 2.24) is 9.88 Å². The average Bonchev–Trinajstić information content (AvgIpc) is 3.34. The third kappa shape index (κ3) is 5.19. The minimum atomic E-state index is 0. The van der Waals surface area contributed by atoms with Crippen molar-refractivity contribution in [2.24, 2.45) is 5.92 Å². The number of pyridine rings is 1. The van der Waals surface area contributed by atoms with Crippen LogP contribution < -0.4 is 51.4 Å². The van der Waals surface area contributed by atoms with Gasteiger partial charge >= 0.3 is 51.4 Å². The van der Waals surface area contributed by atoms with E-state index in [1.54, 1.807) is 6.07 Å². The number of morpholine rings is 1. The molecule has 3 unspecified atom stereocenters. The van der Waals surface area contributed by atoms with Crippen LogP contribution >= 0.6 is 23.2 Å². The van der Waals surface area contributed by atoms with E-state index in [-0.39, 0.29) is 63.6 Å². The number of aromatic nitrogens is 1. The Hall–Kier alpha value is 0.266. The van der Waals surface area contributed by atoms with E-state index in [9.17, 15) is 0 Å². The summed E-state index contributed by atoms with van der Waals surface area (Å²) in [5, 5.41) is 5.96. The fraction of sp³-hybridized carbons (Fsp3) is 0.522. The average molecular weight is 486 g/mol. The second-order valence-electron chi connectivity index (χ2n) is 8.45. The second kappa shape index (κ2) is 10.7. The maximum atomic E-state index is 6.58. The molecule has 0 amide bonds. The summed E-state index contributed by atoms with van der Waals surface area (Å²) < 4.78 is 12.1. The molecule has 160 valence electrons. The van der Waals surface area contributed by atoms with Gasteiger partial charge in [-0.25, -0.2) is 0 Å². The molecule has 5 atom stereocenters. The van der Waals surface area contributed by atoms with Crippen LogP contribution in [0, 0.1) is 12.8 Å². The molecule has 0 radical (unpaired) electrons. The summed E-state index contributed by atoms with van der Waals surface area (Å²) in [6.45, 7) is 6.34. The summed E-state index contributed by atoms with van der Waals surface area (Å²) in [5.74, 6) is 0.647. The van der Waals surface area contributed by atoms with E-state index in [0.717, 1.165) is 44.1 Å². The molecule has 0 spiro atoms. The smallest absolute Gasteiger partial charge is 0.684 e. The van der Waals surface area contributed by atoms with E-state index in [1.165, 1.54) is 5.56 Å². The molecule has 1 aromatic heterocycles. The molecule has 3 aliphatic heterocycles. The third-order valence-corrected chi connectivity index (χ3v) is 7.42. The third-order valence-electron chi connectivity index (χ3n) is 6.69. The van der Waals surface area contributed by atoms with Gasteiger partial charge in [0.1, 0.15) is 0 Å². The van der Waals surface area contributed by atoms with Crippen LogP contribution in [0.5, 0.6) is 0 Å². The Labute approximate surface area is 236 Å². The molecule has 2 bridgehead atoms. The van der Waals surface area contributed by atoms with Gasteiger partial charge in [0.15, 0.2) is 0 Å². The van der Waals surface area contributed by atoms with Crippen LogP contribution in [0.4, 0.5) is 5.69 Å². The minimum absolute atomic E-state index is 0. The summed E-state index contributed by atoms with van der Waals surface area (Å²) in [7, 11) is 0. The zero-order valence-electron chi connectivity index (χ0n) is 18.0. The number of ether oxygens (including phenoxy) is 2. The largest absolute Gasteiger partial charge is 1.00 e. The normalized spacial score (nSPS) is 30.2. The SMILES string of the molecule is Cc1cc(C2C3OC(C[C@H]3N3CCOCC3)[C@@H]2C[N-]c2ccc(Cl)c(Cl)c2)ccn1.[K+]. The number of rotatable bonds is 5. The van der Waals surface area contributed by atoms with Crippen molar-refractivity contribution in [2.45, 2.75) is 37.5 Å². The van der Waals surface area contributed by atoms with E-state index in [1.807, 2.05) is 25.3 Å². The summed E-state index contributed by atoms with van der Waals surface area (Å²) >= 11 is 12.2. The van der Waals surface area contributed by atoms with E-state index < -0.39 is 0 Å². The van der Waals surface area contributed by atoms with Gasteiger partial charge < -0.3 is 14.8 Å². The molecule has 4 heterocycles. The van der Waals surface area contributed by atoms with Gasteiger partial charge in [0.05, 0.1) is 35.5 Å². The van der Waals surface area contributed by atoms with E-state index in [4.69, 9.17) is 38.0 Å². The second-order valence-corrected chi connectivity index (χ2v) is 9.26. The Morgan fingerprint density at radius 2 is 1.94 bits per heavy atom. The number of fused-ring (bicyclic) bond motifs is 2. The van der Waals surface area contributed by atoms with Gasteiger partial charge in [-0.2, -0.15) is 0 Å². The van der Waals surface area contributed by atoms with Gasteiger partial charge in [-0.1, -0.05) is 35.3 Å². The van der Waals surface area contributed by atoms with Gasteiger partial charge in [-0.3, -0.25) is 9.88 Å². The summed E-state index contributed by atoms with van der Waals surface area (Å²) in [6, 6.07) is 10.4. The first-order valence-corrected chi connectivity index (χ1v) is 11.4. The molecule has 5 rings (SSSR count). The molecule has 0 N–H and O–H groups in total. The zero-order valence-corrected chi connectivity index (χ0v) is 22.6. The summed E-state index contributed by atoms with van der Waals surface area (Å²) in [6.07, 6.45) is 3.37. The first kappa shape index (κ1) is 24.4. The number of halogens is 2. The molecule has 2 aromatic rings. The fourth-order valence-electron chi connectivity index (χ4n) is 5.30. The first-order valence-electron chi connectivity index (χ1n) is 10.6. The number of nitrogens with zero attached hydrogens (tertiary/aromatic N) is 3. The monoisotopic (exact) mass is 485 g/mol. The molecule has 8 heteroatoms. The van der Waals surface area contributed by atoms with Crippen molar-refractivity contribution in [2.75, 3.05) is 32.8 Å². The van der Waals surface area contributed by atoms with Gasteiger partial charge in [0, 0.05) is 36.9 Å². The van der Waals surface area contributed by atoms with Crippen LogP contribution in [0.2, 0.25) is 10.0 Å². The van der Waals surface area contributed by atoms with Gasteiger partial charge in [0.25, 0.3) is 0 Å². The first-order chi connectivity index (χ1) is 14.6. The summed E-state index contributed by atoms with van der Waals surface area (Å²) in [4.78, 5) is 6.96. The van der Waals surface area contributed by atoms with E-state index >= 15 is 0 Å². The molecule has 5 nitrogen and oxygen atoms in total. The minimum Gasteiger partial charge on any atom is -0.684 e. The van der Waals surface area contributed by atoms with Crippen molar-refractivity contribution in [3.05, 3.63) is 63.1 Å².